The summed E-state index contributed by atoms with van der Waals surface area (Å²) in [6, 6.07) is 43.1. The van der Waals surface area contributed by atoms with Gasteiger partial charge < -0.3 is 0 Å². The number of unbranched alkanes of at least 4 members (excludes halogenated alkanes) is 5. The van der Waals surface area contributed by atoms with E-state index in [0.29, 0.717) is 0 Å². The van der Waals surface area contributed by atoms with Crippen molar-refractivity contribution in [2.24, 2.45) is 0 Å². The van der Waals surface area contributed by atoms with Crippen molar-refractivity contribution in [3.8, 4) is 22.5 Å². The molecule has 0 aliphatic carbocycles. The van der Waals surface area contributed by atoms with Crippen LogP contribution in [0.3, 0.4) is 0 Å². The van der Waals surface area contributed by atoms with Gasteiger partial charge in [0.05, 0.1) is 22.4 Å². The van der Waals surface area contributed by atoms with Gasteiger partial charge in [-0.1, -0.05) is 111 Å². The third-order valence-corrected chi connectivity index (χ3v) is 7.82. The molecule has 0 saturated heterocycles. The molecule has 0 aliphatic heterocycles. The Bertz CT molecular complexity index is 1590. The second-order valence-electron chi connectivity index (χ2n) is 10.8. The number of benzene rings is 4. The van der Waals surface area contributed by atoms with Gasteiger partial charge in [0.15, 0.2) is 0 Å². The van der Waals surface area contributed by atoms with Crippen molar-refractivity contribution in [3.05, 3.63) is 132 Å². The first-order chi connectivity index (χ1) is 19.8. The van der Waals surface area contributed by atoms with E-state index < -0.39 is 0 Å². The van der Waals surface area contributed by atoms with E-state index in [1.807, 2.05) is 0 Å². The van der Waals surface area contributed by atoms with Crippen molar-refractivity contribution in [2.45, 2.75) is 51.4 Å². The average molecular weight is 521 g/mol. The zero-order valence-corrected chi connectivity index (χ0v) is 23.1. The monoisotopic (exact) mass is 520 g/mol. The van der Waals surface area contributed by atoms with Gasteiger partial charge in [0.2, 0.25) is 0 Å². The first-order valence-electron chi connectivity index (χ1n) is 14.7. The van der Waals surface area contributed by atoms with Crippen LogP contribution in [0.4, 0.5) is 0 Å². The summed E-state index contributed by atoms with van der Waals surface area (Å²) in [6.45, 7) is 0. The van der Waals surface area contributed by atoms with Crippen molar-refractivity contribution < 1.29 is 0 Å². The molecule has 2 heteroatoms. The van der Waals surface area contributed by atoms with E-state index in [1.54, 1.807) is 0 Å². The highest BCUT2D eigenvalue weighted by molar-refractivity contribution is 5.82. The Morgan fingerprint density at radius 3 is 1.32 bits per heavy atom. The molecule has 0 saturated carbocycles. The van der Waals surface area contributed by atoms with Crippen LogP contribution < -0.4 is 0 Å². The molecule has 0 unspecified atom stereocenters. The van der Waals surface area contributed by atoms with Gasteiger partial charge >= 0.3 is 0 Å². The Labute approximate surface area is 237 Å². The van der Waals surface area contributed by atoms with Gasteiger partial charge in [0.1, 0.15) is 0 Å². The lowest BCUT2D eigenvalue weighted by atomic mass is 10.00. The summed E-state index contributed by atoms with van der Waals surface area (Å²) in [4.78, 5) is 9.75. The number of para-hydroxylation sites is 2. The molecule has 0 radical (unpaired) electrons. The van der Waals surface area contributed by atoms with Crippen LogP contribution in [-0.2, 0) is 12.8 Å². The normalized spacial score (nSPS) is 11.3. The fourth-order valence-corrected chi connectivity index (χ4v) is 5.59. The zero-order chi connectivity index (χ0) is 27.0. The highest BCUT2D eigenvalue weighted by Crippen LogP contribution is 2.24. The quantitative estimate of drug-likeness (QED) is 0.159. The van der Waals surface area contributed by atoms with Crippen LogP contribution in [-0.4, -0.2) is 9.97 Å². The average Bonchev–Trinajstić information content (AvgIpc) is 3.02. The number of rotatable bonds is 11. The molecule has 0 spiro atoms. The van der Waals surface area contributed by atoms with E-state index in [-0.39, 0.29) is 0 Å². The molecule has 0 N–H and O–H groups in total. The number of hydrogen-bond donors (Lipinski definition) is 0. The fourth-order valence-electron chi connectivity index (χ4n) is 5.59. The SMILES string of the molecule is c1cc(CCCCCCCCc2cccc(-c3ccc4ccccc4n3)c2)cc(-c2ccc3ccccc3n2)c1. The maximum Gasteiger partial charge on any atom is 0.0709 e. The summed E-state index contributed by atoms with van der Waals surface area (Å²) >= 11 is 0. The minimum atomic E-state index is 1.06. The molecular weight excluding hydrogens is 484 g/mol. The van der Waals surface area contributed by atoms with Crippen LogP contribution in [0.1, 0.15) is 49.7 Å². The van der Waals surface area contributed by atoms with Crippen LogP contribution in [0.2, 0.25) is 0 Å². The Morgan fingerprint density at radius 1 is 0.375 bits per heavy atom. The predicted octanol–water partition coefficient (Wildman–Crippen LogP) is 10.2. The molecule has 198 valence electrons. The summed E-state index contributed by atoms with van der Waals surface area (Å²) in [5, 5.41) is 2.38. The summed E-state index contributed by atoms with van der Waals surface area (Å²) in [5.41, 5.74) is 9.47. The number of fused-ring (bicyclic) bond motifs is 2. The fraction of sp³-hybridized carbons (Fsp3) is 0.211. The van der Waals surface area contributed by atoms with Gasteiger partial charge in [-0.2, -0.15) is 0 Å². The molecule has 2 aromatic heterocycles. The Balaban J connectivity index is 0.928. The maximum atomic E-state index is 4.87. The Morgan fingerprint density at radius 2 is 0.825 bits per heavy atom. The Hall–Kier alpha value is -4.30. The predicted molar refractivity (Wildman–Crippen MR) is 169 cm³/mol. The van der Waals surface area contributed by atoms with Gasteiger partial charge in [0, 0.05) is 21.9 Å². The standard InChI is InChI=1S/C38H36N2/c1(3-5-13-29-15-11-19-33(27-29)37-25-23-31-17-7-9-21-35(31)39-37)2-4-6-14-30-16-12-20-34(28-30)38-26-24-32-18-8-10-22-36(32)40-38/h7-12,15-28H,1-6,13-14H2. The first kappa shape index (κ1) is 26.0. The summed E-state index contributed by atoms with van der Waals surface area (Å²) < 4.78 is 0. The minimum Gasteiger partial charge on any atom is -0.248 e. The summed E-state index contributed by atoms with van der Waals surface area (Å²) in [7, 11) is 0. The lowest BCUT2D eigenvalue weighted by Crippen LogP contribution is -1.91. The molecule has 2 nitrogen and oxygen atoms in total. The van der Waals surface area contributed by atoms with Gasteiger partial charge in [0.25, 0.3) is 0 Å². The van der Waals surface area contributed by atoms with Crippen molar-refractivity contribution in [3.63, 3.8) is 0 Å². The van der Waals surface area contributed by atoms with E-state index in [4.69, 9.17) is 9.97 Å². The number of aromatic nitrogens is 2. The molecule has 0 bridgehead atoms. The maximum absolute atomic E-state index is 4.87. The number of nitrogens with zero attached hydrogens (tertiary/aromatic N) is 2. The van der Waals surface area contributed by atoms with E-state index in [0.717, 1.165) is 35.3 Å². The van der Waals surface area contributed by atoms with Crippen molar-refractivity contribution in [1.82, 2.24) is 9.97 Å². The molecule has 6 aromatic rings. The van der Waals surface area contributed by atoms with Crippen LogP contribution in [0, 0.1) is 0 Å². The van der Waals surface area contributed by atoms with Crippen molar-refractivity contribution in [2.75, 3.05) is 0 Å². The van der Waals surface area contributed by atoms with E-state index >= 15 is 0 Å². The second kappa shape index (κ2) is 12.7. The summed E-state index contributed by atoms with van der Waals surface area (Å²) in [6.07, 6.45) is 9.97. The van der Waals surface area contributed by atoms with E-state index in [2.05, 4.69) is 121 Å². The van der Waals surface area contributed by atoms with Gasteiger partial charge in [-0.3, -0.25) is 0 Å². The first-order valence-corrected chi connectivity index (χ1v) is 14.7. The van der Waals surface area contributed by atoms with Gasteiger partial charge in [-0.25, -0.2) is 9.97 Å². The van der Waals surface area contributed by atoms with E-state index in [9.17, 15) is 0 Å². The second-order valence-corrected chi connectivity index (χ2v) is 10.8. The molecule has 0 amide bonds. The number of hydrogen-bond acceptors (Lipinski definition) is 2. The van der Waals surface area contributed by atoms with Crippen molar-refractivity contribution >= 4 is 21.8 Å². The van der Waals surface area contributed by atoms with Crippen molar-refractivity contribution in [1.29, 1.82) is 0 Å². The van der Waals surface area contributed by atoms with Gasteiger partial charge in [-0.15, -0.1) is 0 Å². The molecule has 0 fully saturated rings. The van der Waals surface area contributed by atoms with Crippen LogP contribution in [0.25, 0.3) is 44.3 Å². The van der Waals surface area contributed by atoms with Crippen LogP contribution in [0.5, 0.6) is 0 Å². The number of aryl methyl sites for hydroxylation is 2. The molecule has 0 atom stereocenters. The molecule has 4 aromatic carbocycles. The molecule has 40 heavy (non-hydrogen) atoms. The minimum absolute atomic E-state index is 1.06. The topological polar surface area (TPSA) is 25.8 Å². The van der Waals surface area contributed by atoms with Crippen LogP contribution in [0.15, 0.2) is 121 Å². The third kappa shape index (κ3) is 6.46. The number of pyridine rings is 2. The van der Waals surface area contributed by atoms with E-state index in [1.165, 1.54) is 71.6 Å². The van der Waals surface area contributed by atoms with Crippen LogP contribution >= 0.6 is 0 Å². The lowest BCUT2D eigenvalue weighted by Gasteiger charge is -2.08. The molecule has 0 aliphatic rings. The highest BCUT2D eigenvalue weighted by atomic mass is 14.7. The lowest BCUT2D eigenvalue weighted by molar-refractivity contribution is 0.594. The third-order valence-electron chi connectivity index (χ3n) is 7.82. The molecule has 2 heterocycles. The smallest absolute Gasteiger partial charge is 0.0709 e. The highest BCUT2D eigenvalue weighted by Gasteiger charge is 2.05. The summed E-state index contributed by atoms with van der Waals surface area (Å²) in [5.74, 6) is 0. The molecular formula is C38H36N2. The Kier molecular flexibility index (Phi) is 8.24. The largest absolute Gasteiger partial charge is 0.248 e. The van der Waals surface area contributed by atoms with Gasteiger partial charge in [-0.05, 0) is 73.2 Å². The molecule has 6 rings (SSSR count). The zero-order valence-electron chi connectivity index (χ0n) is 23.1.